The van der Waals surface area contributed by atoms with Crippen LogP contribution in [0.1, 0.15) is 30.9 Å². The Balaban J connectivity index is 1.77. The van der Waals surface area contributed by atoms with Crippen LogP contribution in [0.15, 0.2) is 70.6 Å². The van der Waals surface area contributed by atoms with E-state index in [0.717, 1.165) is 16.7 Å². The Labute approximate surface area is 192 Å². The van der Waals surface area contributed by atoms with E-state index in [4.69, 9.17) is 9.15 Å². The third-order valence-electron chi connectivity index (χ3n) is 5.87. The van der Waals surface area contributed by atoms with Crippen LogP contribution in [0.3, 0.4) is 0 Å². The van der Waals surface area contributed by atoms with Gasteiger partial charge >= 0.3 is 0 Å². The Kier molecular flexibility index (Phi) is 6.67. The van der Waals surface area contributed by atoms with E-state index in [1.165, 1.54) is 17.2 Å². The fraction of sp³-hybridized carbons (Fsp3) is 0.360. The Morgan fingerprint density at radius 1 is 1.21 bits per heavy atom. The fourth-order valence-electron chi connectivity index (χ4n) is 4.43. The highest BCUT2D eigenvalue weighted by Gasteiger charge is 2.50. The first-order chi connectivity index (χ1) is 15.9. The predicted octanol–water partition coefficient (Wildman–Crippen LogP) is 1.90. The molecule has 0 bridgehead atoms. The van der Waals surface area contributed by atoms with E-state index in [-0.39, 0.29) is 31.5 Å². The molecule has 2 amide bonds. The summed E-state index contributed by atoms with van der Waals surface area (Å²) in [6.45, 7) is 3.73. The molecule has 2 heterocycles. The molecule has 4 atom stereocenters. The third kappa shape index (κ3) is 4.58. The molecule has 0 radical (unpaired) electrons. The van der Waals surface area contributed by atoms with Gasteiger partial charge in [0.05, 0.1) is 31.1 Å². The van der Waals surface area contributed by atoms with Gasteiger partial charge < -0.3 is 29.6 Å². The molecular formula is C25H28N2O6. The highest BCUT2D eigenvalue weighted by atomic mass is 16.5. The van der Waals surface area contributed by atoms with E-state index < -0.39 is 24.2 Å². The maximum atomic E-state index is 13.2. The van der Waals surface area contributed by atoms with E-state index in [1.807, 2.05) is 32.0 Å². The van der Waals surface area contributed by atoms with Crippen LogP contribution < -0.4 is 10.1 Å². The molecule has 2 aliphatic rings. The standard InChI is InChI=1S/C25H28N2O6/c1-15(2)11-21(29)27(13-16-7-10-32-14-16)19-12-18(25(31)26-8-9-28)22-17-5-3-4-6-20(17)33-24(22)23(19)30/h3-7,10-12,14,19,22-24,28,30H,8-9,13H2,1-2H3,(H,26,31). The van der Waals surface area contributed by atoms with Gasteiger partial charge in [-0.05, 0) is 32.1 Å². The van der Waals surface area contributed by atoms with Crippen LogP contribution in [0.4, 0.5) is 0 Å². The summed E-state index contributed by atoms with van der Waals surface area (Å²) >= 11 is 0. The number of allylic oxidation sites excluding steroid dienone is 1. The number of amides is 2. The van der Waals surface area contributed by atoms with Crippen molar-refractivity contribution in [3.63, 3.8) is 0 Å². The monoisotopic (exact) mass is 452 g/mol. The summed E-state index contributed by atoms with van der Waals surface area (Å²) in [5.41, 5.74) is 2.78. The van der Waals surface area contributed by atoms with Gasteiger partial charge in [-0.15, -0.1) is 0 Å². The molecule has 1 aliphatic heterocycles. The van der Waals surface area contributed by atoms with Crippen LogP contribution in [0.2, 0.25) is 0 Å². The molecule has 174 valence electrons. The topological polar surface area (TPSA) is 112 Å². The Hall–Kier alpha value is -3.36. The van der Waals surface area contributed by atoms with Crippen molar-refractivity contribution < 1.29 is 29.0 Å². The molecule has 0 saturated heterocycles. The van der Waals surface area contributed by atoms with Crippen LogP contribution in [0.5, 0.6) is 5.75 Å². The van der Waals surface area contributed by atoms with Gasteiger partial charge in [0.25, 0.3) is 0 Å². The number of nitrogens with one attached hydrogen (secondary N) is 1. The van der Waals surface area contributed by atoms with Crippen LogP contribution in [-0.2, 0) is 16.1 Å². The van der Waals surface area contributed by atoms with Crippen LogP contribution in [0.25, 0.3) is 0 Å². The van der Waals surface area contributed by atoms with E-state index >= 15 is 0 Å². The molecule has 8 heteroatoms. The number of para-hydroxylation sites is 1. The van der Waals surface area contributed by atoms with Crippen LogP contribution in [0, 0.1) is 0 Å². The number of furan rings is 1. The van der Waals surface area contributed by atoms with Gasteiger partial charge in [0.15, 0.2) is 0 Å². The number of hydrogen-bond donors (Lipinski definition) is 3. The van der Waals surface area contributed by atoms with Crippen molar-refractivity contribution in [2.24, 2.45) is 0 Å². The summed E-state index contributed by atoms with van der Waals surface area (Å²) in [6, 6.07) is 8.30. The second-order valence-corrected chi connectivity index (χ2v) is 8.50. The second-order valence-electron chi connectivity index (χ2n) is 8.50. The zero-order valence-electron chi connectivity index (χ0n) is 18.6. The number of carbonyl (C=O) groups is 2. The molecule has 1 aliphatic carbocycles. The smallest absolute Gasteiger partial charge is 0.247 e. The number of nitrogens with zero attached hydrogens (tertiary/aromatic N) is 1. The van der Waals surface area contributed by atoms with Crippen molar-refractivity contribution in [2.75, 3.05) is 13.2 Å². The Morgan fingerprint density at radius 3 is 2.70 bits per heavy atom. The quantitative estimate of drug-likeness (QED) is 0.553. The lowest BCUT2D eigenvalue weighted by atomic mass is 9.77. The lowest BCUT2D eigenvalue weighted by Gasteiger charge is -2.40. The minimum Gasteiger partial charge on any atom is -0.486 e. The molecule has 0 fully saturated rings. The molecule has 4 unspecified atom stereocenters. The van der Waals surface area contributed by atoms with Crippen molar-refractivity contribution >= 4 is 11.8 Å². The summed E-state index contributed by atoms with van der Waals surface area (Å²) < 4.78 is 11.3. The normalized spacial score (nSPS) is 23.0. The lowest BCUT2D eigenvalue weighted by Crippen LogP contribution is -2.55. The maximum Gasteiger partial charge on any atom is 0.247 e. The highest BCUT2D eigenvalue weighted by molar-refractivity contribution is 5.96. The predicted molar refractivity (Wildman–Crippen MR) is 120 cm³/mol. The Morgan fingerprint density at radius 2 is 2.00 bits per heavy atom. The van der Waals surface area contributed by atoms with E-state index in [9.17, 15) is 19.8 Å². The van der Waals surface area contributed by atoms with E-state index in [2.05, 4.69) is 5.32 Å². The first-order valence-electron chi connectivity index (χ1n) is 10.9. The number of fused-ring (bicyclic) bond motifs is 3. The van der Waals surface area contributed by atoms with Crippen LogP contribution in [-0.4, -0.2) is 58.3 Å². The summed E-state index contributed by atoms with van der Waals surface area (Å²) in [5, 5.41) is 23.3. The summed E-state index contributed by atoms with van der Waals surface area (Å²) in [4.78, 5) is 27.8. The molecule has 3 N–H and O–H groups in total. The number of aliphatic hydroxyl groups excluding tert-OH is 2. The van der Waals surface area contributed by atoms with Gasteiger partial charge in [-0.1, -0.05) is 23.8 Å². The number of hydrogen-bond acceptors (Lipinski definition) is 6. The first-order valence-corrected chi connectivity index (χ1v) is 10.9. The molecule has 1 aromatic carbocycles. The van der Waals surface area contributed by atoms with E-state index in [1.54, 1.807) is 24.5 Å². The lowest BCUT2D eigenvalue weighted by molar-refractivity contribution is -0.133. The number of benzene rings is 1. The molecule has 8 nitrogen and oxygen atoms in total. The minimum absolute atomic E-state index is 0.0959. The molecular weight excluding hydrogens is 424 g/mol. The van der Waals surface area contributed by atoms with Gasteiger partial charge in [-0.3, -0.25) is 9.59 Å². The molecule has 0 saturated carbocycles. The van der Waals surface area contributed by atoms with Gasteiger partial charge in [-0.25, -0.2) is 0 Å². The largest absolute Gasteiger partial charge is 0.486 e. The summed E-state index contributed by atoms with van der Waals surface area (Å²) in [5.74, 6) is -0.541. The minimum atomic E-state index is -1.07. The second kappa shape index (κ2) is 9.64. The highest BCUT2D eigenvalue weighted by Crippen LogP contribution is 2.47. The fourth-order valence-corrected chi connectivity index (χ4v) is 4.43. The van der Waals surface area contributed by atoms with Crippen molar-refractivity contribution in [3.8, 4) is 5.75 Å². The summed E-state index contributed by atoms with van der Waals surface area (Å²) in [7, 11) is 0. The number of carbonyl (C=O) groups excluding carboxylic acids is 2. The number of rotatable bonds is 7. The van der Waals surface area contributed by atoms with Crippen molar-refractivity contribution in [1.82, 2.24) is 10.2 Å². The van der Waals surface area contributed by atoms with Crippen molar-refractivity contribution in [1.29, 1.82) is 0 Å². The molecule has 1 aromatic heterocycles. The third-order valence-corrected chi connectivity index (χ3v) is 5.87. The van der Waals surface area contributed by atoms with Crippen molar-refractivity contribution in [3.05, 3.63) is 77.3 Å². The first kappa shape index (κ1) is 22.8. The average Bonchev–Trinajstić information content (AvgIpc) is 3.44. The molecule has 4 rings (SSSR count). The molecule has 33 heavy (non-hydrogen) atoms. The van der Waals surface area contributed by atoms with Gasteiger partial charge in [0.1, 0.15) is 18.0 Å². The maximum absolute atomic E-state index is 13.2. The molecule has 2 aromatic rings. The molecule has 0 spiro atoms. The SMILES string of the molecule is CC(C)=CC(=O)N(Cc1ccoc1)C1C=C(C(=O)NCCO)C2c3ccccc3OC2C1O. The zero-order chi connectivity index (χ0) is 23.5. The summed E-state index contributed by atoms with van der Waals surface area (Å²) in [6.07, 6.45) is 4.41. The van der Waals surface area contributed by atoms with Crippen LogP contribution >= 0.6 is 0 Å². The van der Waals surface area contributed by atoms with E-state index in [0.29, 0.717) is 11.3 Å². The van der Waals surface area contributed by atoms with Gasteiger partial charge in [0.2, 0.25) is 11.8 Å². The number of ether oxygens (including phenoxy) is 1. The van der Waals surface area contributed by atoms with Gasteiger partial charge in [0, 0.05) is 35.9 Å². The van der Waals surface area contributed by atoms with Crippen molar-refractivity contribution in [2.45, 2.75) is 44.6 Å². The van der Waals surface area contributed by atoms with Gasteiger partial charge in [-0.2, -0.15) is 0 Å². The average molecular weight is 453 g/mol. The zero-order valence-corrected chi connectivity index (χ0v) is 18.6. The number of aliphatic hydroxyl groups is 2. The Bertz CT molecular complexity index is 1070.